The van der Waals surface area contributed by atoms with Gasteiger partial charge in [-0.3, -0.25) is 9.78 Å². The number of aryl methyl sites for hydroxylation is 3. The molecular weight excluding hydrogens is 420 g/mol. The standard InChI is InChI=1S/C24H22N6OS/c1-13-8-14(2)25-10-18(13)22(31)28-15(3)16-6-5-7-17(9-16)23-29-20-21-19(27-12-30(21)4)11-26-24(20)32-23/h5-12,15H,1-4H3,(H,28,31)/t15-/m0/s1. The third-order valence-electron chi connectivity index (χ3n) is 5.58. The van der Waals surface area contributed by atoms with Gasteiger partial charge < -0.3 is 9.88 Å². The Morgan fingerprint density at radius 2 is 1.97 bits per heavy atom. The van der Waals surface area contributed by atoms with Crippen LogP contribution in [0.3, 0.4) is 0 Å². The summed E-state index contributed by atoms with van der Waals surface area (Å²) < 4.78 is 1.97. The first kappa shape index (κ1) is 20.3. The average Bonchev–Trinajstić information content (AvgIpc) is 3.37. The van der Waals surface area contributed by atoms with Crippen molar-refractivity contribution in [1.29, 1.82) is 0 Å². The van der Waals surface area contributed by atoms with Crippen LogP contribution in [0.1, 0.15) is 40.1 Å². The summed E-state index contributed by atoms with van der Waals surface area (Å²) in [5.41, 5.74) is 7.08. The molecule has 1 amide bonds. The second-order valence-corrected chi connectivity index (χ2v) is 8.96. The van der Waals surface area contributed by atoms with Gasteiger partial charge in [0.15, 0.2) is 0 Å². The van der Waals surface area contributed by atoms with Crippen molar-refractivity contribution in [2.45, 2.75) is 26.8 Å². The number of fused-ring (bicyclic) bond motifs is 3. The van der Waals surface area contributed by atoms with Crippen LogP contribution in [-0.2, 0) is 7.05 Å². The molecule has 1 aromatic carbocycles. The number of amides is 1. The molecule has 0 saturated carbocycles. The van der Waals surface area contributed by atoms with Crippen molar-refractivity contribution in [2.24, 2.45) is 7.05 Å². The number of pyridine rings is 2. The zero-order valence-electron chi connectivity index (χ0n) is 18.2. The SMILES string of the molecule is Cc1cc(C)c(C(=O)N[C@@H](C)c2cccc(-c3nc4c(ncc5ncn(C)c54)s3)c2)cn1. The Kier molecular flexibility index (Phi) is 4.94. The molecule has 0 radical (unpaired) electrons. The first-order valence-corrected chi connectivity index (χ1v) is 11.1. The second kappa shape index (κ2) is 7.80. The fourth-order valence-corrected chi connectivity index (χ4v) is 4.77. The molecule has 160 valence electrons. The molecule has 0 bridgehead atoms. The number of aromatic nitrogens is 5. The Hall–Kier alpha value is -3.65. The summed E-state index contributed by atoms with van der Waals surface area (Å²) in [5, 5.41) is 3.98. The first-order chi connectivity index (χ1) is 15.4. The van der Waals surface area contributed by atoms with Crippen LogP contribution in [0.2, 0.25) is 0 Å². The summed E-state index contributed by atoms with van der Waals surface area (Å²) >= 11 is 1.55. The lowest BCUT2D eigenvalue weighted by atomic mass is 10.0. The minimum Gasteiger partial charge on any atom is -0.345 e. The van der Waals surface area contributed by atoms with Crippen molar-refractivity contribution in [2.75, 3.05) is 0 Å². The predicted molar refractivity (Wildman–Crippen MR) is 127 cm³/mol. The van der Waals surface area contributed by atoms with E-state index in [1.165, 1.54) is 0 Å². The molecule has 0 unspecified atom stereocenters. The van der Waals surface area contributed by atoms with Crippen molar-refractivity contribution in [3.8, 4) is 10.6 Å². The van der Waals surface area contributed by atoms with E-state index in [9.17, 15) is 4.79 Å². The molecule has 5 rings (SSSR count). The van der Waals surface area contributed by atoms with Gasteiger partial charge in [-0.15, -0.1) is 0 Å². The van der Waals surface area contributed by atoms with E-state index in [1.807, 2.05) is 56.7 Å². The van der Waals surface area contributed by atoms with E-state index >= 15 is 0 Å². The van der Waals surface area contributed by atoms with Crippen LogP contribution in [0, 0.1) is 13.8 Å². The lowest BCUT2D eigenvalue weighted by molar-refractivity contribution is 0.0939. The molecule has 1 N–H and O–H groups in total. The Morgan fingerprint density at radius 3 is 2.78 bits per heavy atom. The number of benzene rings is 1. The number of carbonyl (C=O) groups excluding carboxylic acids is 1. The molecule has 4 heterocycles. The van der Waals surface area contributed by atoms with Crippen molar-refractivity contribution in [3.05, 3.63) is 71.4 Å². The van der Waals surface area contributed by atoms with Crippen molar-refractivity contribution in [3.63, 3.8) is 0 Å². The molecule has 0 aliphatic carbocycles. The molecule has 0 spiro atoms. The monoisotopic (exact) mass is 442 g/mol. The highest BCUT2D eigenvalue weighted by atomic mass is 32.1. The fraction of sp³-hybridized carbons (Fsp3) is 0.208. The molecule has 8 heteroatoms. The summed E-state index contributed by atoms with van der Waals surface area (Å²) in [7, 11) is 1.96. The number of carbonyl (C=O) groups is 1. The fourth-order valence-electron chi connectivity index (χ4n) is 3.86. The van der Waals surface area contributed by atoms with Crippen LogP contribution in [0.5, 0.6) is 0 Å². The number of imidazole rings is 1. The summed E-state index contributed by atoms with van der Waals surface area (Å²) in [5.74, 6) is -0.129. The minimum atomic E-state index is -0.167. The largest absolute Gasteiger partial charge is 0.345 e. The van der Waals surface area contributed by atoms with Gasteiger partial charge in [0.1, 0.15) is 20.9 Å². The van der Waals surface area contributed by atoms with Crippen LogP contribution in [-0.4, -0.2) is 30.4 Å². The maximum Gasteiger partial charge on any atom is 0.253 e. The molecule has 5 aromatic rings. The van der Waals surface area contributed by atoms with Gasteiger partial charge in [-0.2, -0.15) is 0 Å². The normalized spacial score (nSPS) is 12.4. The van der Waals surface area contributed by atoms with Crippen LogP contribution >= 0.6 is 11.3 Å². The Morgan fingerprint density at radius 1 is 1.12 bits per heavy atom. The molecule has 1 atom stereocenters. The van der Waals surface area contributed by atoms with Gasteiger partial charge in [0, 0.05) is 24.5 Å². The molecule has 7 nitrogen and oxygen atoms in total. The number of hydrogen-bond acceptors (Lipinski definition) is 6. The van der Waals surface area contributed by atoms with Gasteiger partial charge in [0.2, 0.25) is 0 Å². The van der Waals surface area contributed by atoms with Crippen molar-refractivity contribution >= 4 is 38.6 Å². The van der Waals surface area contributed by atoms with E-state index in [4.69, 9.17) is 4.98 Å². The number of nitrogens with zero attached hydrogens (tertiary/aromatic N) is 5. The molecule has 0 aliphatic heterocycles. The molecule has 4 aromatic heterocycles. The molecule has 0 aliphatic rings. The van der Waals surface area contributed by atoms with Crippen LogP contribution in [0.4, 0.5) is 0 Å². The summed E-state index contributed by atoms with van der Waals surface area (Å²) in [6, 6.07) is 9.86. The maximum absolute atomic E-state index is 12.8. The topological polar surface area (TPSA) is 85.6 Å². The Balaban J connectivity index is 1.45. The van der Waals surface area contributed by atoms with Gasteiger partial charge in [0.25, 0.3) is 5.91 Å². The molecule has 0 saturated heterocycles. The zero-order chi connectivity index (χ0) is 22.4. The highest BCUT2D eigenvalue weighted by Gasteiger charge is 2.17. The highest BCUT2D eigenvalue weighted by molar-refractivity contribution is 7.21. The molecular formula is C24H22N6OS. The number of rotatable bonds is 4. The summed E-state index contributed by atoms with van der Waals surface area (Å²) in [4.78, 5) is 31.7. The Labute approximate surface area is 189 Å². The number of nitrogens with one attached hydrogen (secondary N) is 1. The summed E-state index contributed by atoms with van der Waals surface area (Å²) in [6.07, 6.45) is 5.20. The van der Waals surface area contributed by atoms with Gasteiger partial charge >= 0.3 is 0 Å². The predicted octanol–water partition coefficient (Wildman–Crippen LogP) is 4.75. The van der Waals surface area contributed by atoms with E-state index in [0.717, 1.165) is 48.8 Å². The van der Waals surface area contributed by atoms with Gasteiger partial charge in [-0.05, 0) is 44.0 Å². The lowest BCUT2D eigenvalue weighted by Crippen LogP contribution is -2.27. The van der Waals surface area contributed by atoms with Crippen molar-refractivity contribution in [1.82, 2.24) is 29.8 Å². The molecule has 32 heavy (non-hydrogen) atoms. The Bertz CT molecular complexity index is 1480. The number of hydrogen-bond donors (Lipinski definition) is 1. The third kappa shape index (κ3) is 3.52. The van der Waals surface area contributed by atoms with E-state index in [2.05, 4.69) is 26.3 Å². The van der Waals surface area contributed by atoms with Gasteiger partial charge in [-0.1, -0.05) is 29.5 Å². The van der Waals surface area contributed by atoms with Crippen LogP contribution in [0.15, 0.2) is 49.1 Å². The van der Waals surface area contributed by atoms with Crippen LogP contribution in [0.25, 0.3) is 32.0 Å². The summed E-state index contributed by atoms with van der Waals surface area (Å²) in [6.45, 7) is 5.82. The van der Waals surface area contributed by atoms with E-state index in [-0.39, 0.29) is 11.9 Å². The highest BCUT2D eigenvalue weighted by Crippen LogP contribution is 2.33. The first-order valence-electron chi connectivity index (χ1n) is 10.3. The lowest BCUT2D eigenvalue weighted by Gasteiger charge is -2.16. The van der Waals surface area contributed by atoms with Gasteiger partial charge in [-0.25, -0.2) is 15.0 Å². The second-order valence-electron chi connectivity index (χ2n) is 7.98. The minimum absolute atomic E-state index is 0.129. The molecule has 0 fully saturated rings. The average molecular weight is 443 g/mol. The zero-order valence-corrected chi connectivity index (χ0v) is 19.1. The van der Waals surface area contributed by atoms with Crippen LogP contribution < -0.4 is 5.32 Å². The quantitative estimate of drug-likeness (QED) is 0.434. The third-order valence-corrected chi connectivity index (χ3v) is 6.59. The number of thiazole rings is 1. The smallest absolute Gasteiger partial charge is 0.253 e. The van der Waals surface area contributed by atoms with E-state index < -0.39 is 0 Å². The van der Waals surface area contributed by atoms with Crippen molar-refractivity contribution < 1.29 is 4.79 Å². The van der Waals surface area contributed by atoms with E-state index in [0.29, 0.717) is 5.56 Å². The van der Waals surface area contributed by atoms with E-state index in [1.54, 1.807) is 30.1 Å². The maximum atomic E-state index is 12.8. The van der Waals surface area contributed by atoms with Gasteiger partial charge in [0.05, 0.1) is 29.6 Å².